The predicted molar refractivity (Wildman–Crippen MR) is 67.4 cm³/mol. The van der Waals surface area contributed by atoms with Gasteiger partial charge in [-0.25, -0.2) is 0 Å². The van der Waals surface area contributed by atoms with Crippen LogP contribution in [0.5, 0.6) is 11.5 Å². The molecule has 2 aromatic rings. The van der Waals surface area contributed by atoms with E-state index in [1.807, 2.05) is 0 Å². The molecule has 5 nitrogen and oxygen atoms in total. The van der Waals surface area contributed by atoms with Crippen LogP contribution in [0.25, 0.3) is 0 Å². The Morgan fingerprint density at radius 1 is 0.789 bits per heavy atom. The van der Waals surface area contributed by atoms with Crippen molar-refractivity contribution in [3.05, 3.63) is 59.2 Å². The molecule has 0 fully saturated rings. The van der Waals surface area contributed by atoms with E-state index in [-0.39, 0.29) is 12.2 Å². The Kier molecular flexibility index (Phi) is 3.44. The van der Waals surface area contributed by atoms with Crippen molar-refractivity contribution in [2.75, 3.05) is 0 Å². The first kappa shape index (κ1) is 13.4. The van der Waals surface area contributed by atoms with E-state index in [0.29, 0.717) is 11.1 Å². The van der Waals surface area contributed by atoms with E-state index in [1.54, 1.807) is 24.3 Å². The van der Waals surface area contributed by atoms with Crippen LogP contribution in [-0.4, -0.2) is 25.5 Å². The Hall–Kier alpha value is -2.08. The van der Waals surface area contributed by atoms with Gasteiger partial charge in [0.15, 0.2) is 0 Å². The highest BCUT2D eigenvalue weighted by Gasteiger charge is 2.26. The summed E-state index contributed by atoms with van der Waals surface area (Å²) in [6.45, 7) is 0. The lowest BCUT2D eigenvalue weighted by Gasteiger charge is -2.17. The van der Waals surface area contributed by atoms with Crippen molar-refractivity contribution in [1.82, 2.24) is 0 Å². The van der Waals surface area contributed by atoms with Crippen LogP contribution < -0.4 is 0 Å². The van der Waals surface area contributed by atoms with Crippen LogP contribution in [-0.2, 0) is 12.4 Å². The molecule has 19 heavy (non-hydrogen) atoms. The van der Waals surface area contributed by atoms with E-state index in [0.717, 1.165) is 0 Å². The van der Waals surface area contributed by atoms with Crippen molar-refractivity contribution >= 4 is 0 Å². The molecule has 0 aliphatic rings. The SMILES string of the molecule is Oc1ccccc1Cc1cccc(C(O)(O)O)c1O. The summed E-state index contributed by atoms with van der Waals surface area (Å²) in [5.74, 6) is -3.44. The van der Waals surface area contributed by atoms with Gasteiger partial charge in [0.05, 0.1) is 5.56 Å². The molecule has 5 N–H and O–H groups in total. The zero-order chi connectivity index (χ0) is 14.0. The summed E-state index contributed by atoms with van der Waals surface area (Å²) in [6.07, 6.45) is 0.197. The molecular weight excluding hydrogens is 248 g/mol. The Bertz CT molecular complexity index is 587. The van der Waals surface area contributed by atoms with Crippen LogP contribution >= 0.6 is 0 Å². The number of phenolic OH excluding ortho intramolecular Hbond substituents is 2. The predicted octanol–water partition coefficient (Wildman–Crippen LogP) is 0.776. The third-order valence-corrected chi connectivity index (χ3v) is 2.85. The topological polar surface area (TPSA) is 101 Å². The molecule has 0 saturated heterocycles. The first-order valence-corrected chi connectivity index (χ1v) is 5.65. The van der Waals surface area contributed by atoms with Gasteiger partial charge in [0.25, 0.3) is 0 Å². The Balaban J connectivity index is 2.40. The molecule has 0 aliphatic carbocycles. The highest BCUT2D eigenvalue weighted by atomic mass is 16.7. The summed E-state index contributed by atoms with van der Waals surface area (Å²) in [6, 6.07) is 10.9. The highest BCUT2D eigenvalue weighted by molar-refractivity contribution is 5.46. The molecule has 0 atom stereocenters. The van der Waals surface area contributed by atoms with E-state index < -0.39 is 17.3 Å². The third-order valence-electron chi connectivity index (χ3n) is 2.85. The number of phenols is 2. The first-order valence-electron chi connectivity index (χ1n) is 5.65. The molecular formula is C14H14O5. The van der Waals surface area contributed by atoms with Gasteiger partial charge in [-0.05, 0) is 23.3 Å². The highest BCUT2D eigenvalue weighted by Crippen LogP contribution is 2.31. The summed E-state index contributed by atoms with van der Waals surface area (Å²) in [4.78, 5) is 0. The third kappa shape index (κ3) is 2.85. The van der Waals surface area contributed by atoms with Crippen molar-refractivity contribution in [1.29, 1.82) is 0 Å². The van der Waals surface area contributed by atoms with Gasteiger partial charge in [-0.3, -0.25) is 0 Å². The van der Waals surface area contributed by atoms with Crippen molar-refractivity contribution < 1.29 is 25.5 Å². The van der Waals surface area contributed by atoms with Crippen LogP contribution in [0.4, 0.5) is 0 Å². The fourth-order valence-corrected chi connectivity index (χ4v) is 1.87. The molecule has 100 valence electrons. The maximum atomic E-state index is 9.92. The van der Waals surface area contributed by atoms with Gasteiger partial charge in [0, 0.05) is 6.42 Å². The molecule has 2 aromatic carbocycles. The lowest BCUT2D eigenvalue weighted by molar-refractivity contribution is -0.324. The van der Waals surface area contributed by atoms with Crippen LogP contribution in [0, 0.1) is 0 Å². The zero-order valence-electron chi connectivity index (χ0n) is 9.98. The van der Waals surface area contributed by atoms with Gasteiger partial charge in [0.2, 0.25) is 0 Å². The minimum Gasteiger partial charge on any atom is -0.508 e. The van der Waals surface area contributed by atoms with E-state index in [4.69, 9.17) is 15.3 Å². The smallest absolute Gasteiger partial charge is 0.308 e. The maximum absolute atomic E-state index is 9.92. The standard InChI is InChI=1S/C14H14O5/c15-12-7-2-1-4-9(12)8-10-5-3-6-11(13(10)16)14(17,18)19/h1-7,15-19H,8H2. The molecule has 2 rings (SSSR count). The van der Waals surface area contributed by atoms with Gasteiger partial charge in [-0.1, -0.05) is 30.3 Å². The Morgan fingerprint density at radius 2 is 1.42 bits per heavy atom. The Labute approximate surface area is 109 Å². The normalized spacial score (nSPS) is 11.5. The van der Waals surface area contributed by atoms with Crippen LogP contribution in [0.1, 0.15) is 16.7 Å². The number of hydrogen-bond donors (Lipinski definition) is 5. The molecule has 0 saturated carbocycles. The number of para-hydroxylation sites is 2. The average molecular weight is 262 g/mol. The van der Waals surface area contributed by atoms with Crippen molar-refractivity contribution in [3.8, 4) is 11.5 Å². The lowest BCUT2D eigenvalue weighted by Crippen LogP contribution is -2.24. The summed E-state index contributed by atoms with van der Waals surface area (Å²) < 4.78 is 0. The van der Waals surface area contributed by atoms with E-state index in [9.17, 15) is 10.2 Å². The second kappa shape index (κ2) is 4.89. The number of hydrogen-bond acceptors (Lipinski definition) is 5. The van der Waals surface area contributed by atoms with E-state index in [1.165, 1.54) is 18.2 Å². The molecule has 0 spiro atoms. The van der Waals surface area contributed by atoms with Crippen molar-refractivity contribution in [3.63, 3.8) is 0 Å². The average Bonchev–Trinajstić information content (AvgIpc) is 2.33. The number of rotatable bonds is 3. The lowest BCUT2D eigenvalue weighted by atomic mass is 10.00. The fourth-order valence-electron chi connectivity index (χ4n) is 1.87. The molecule has 5 heteroatoms. The van der Waals surface area contributed by atoms with Crippen LogP contribution in [0.2, 0.25) is 0 Å². The minimum absolute atomic E-state index is 0.0792. The fraction of sp³-hybridized carbons (Fsp3) is 0.143. The maximum Gasteiger partial charge on any atom is 0.308 e. The molecule has 0 aromatic heterocycles. The number of aliphatic hydroxyl groups is 3. The molecule has 0 unspecified atom stereocenters. The Morgan fingerprint density at radius 3 is 2.05 bits per heavy atom. The van der Waals surface area contributed by atoms with Crippen molar-refractivity contribution in [2.45, 2.75) is 12.4 Å². The van der Waals surface area contributed by atoms with Gasteiger partial charge >= 0.3 is 5.97 Å². The van der Waals surface area contributed by atoms with Crippen molar-refractivity contribution in [2.24, 2.45) is 0 Å². The summed E-state index contributed by atoms with van der Waals surface area (Å²) in [7, 11) is 0. The first-order chi connectivity index (χ1) is 8.89. The summed E-state index contributed by atoms with van der Waals surface area (Å²) in [5, 5.41) is 46.9. The van der Waals surface area contributed by atoms with Gasteiger partial charge in [-0.2, -0.15) is 0 Å². The zero-order valence-corrected chi connectivity index (χ0v) is 9.98. The summed E-state index contributed by atoms with van der Waals surface area (Å²) in [5.41, 5.74) is 0.537. The second-order valence-corrected chi connectivity index (χ2v) is 4.25. The molecule has 0 bridgehead atoms. The molecule has 0 aliphatic heterocycles. The van der Waals surface area contributed by atoms with Gasteiger partial charge in [0.1, 0.15) is 11.5 Å². The quantitative estimate of drug-likeness (QED) is 0.526. The molecule has 0 radical (unpaired) electrons. The van der Waals surface area contributed by atoms with Crippen LogP contribution in [0.3, 0.4) is 0 Å². The monoisotopic (exact) mass is 262 g/mol. The van der Waals surface area contributed by atoms with E-state index in [2.05, 4.69) is 0 Å². The second-order valence-electron chi connectivity index (χ2n) is 4.25. The van der Waals surface area contributed by atoms with Crippen LogP contribution in [0.15, 0.2) is 42.5 Å². The van der Waals surface area contributed by atoms with Gasteiger partial charge < -0.3 is 25.5 Å². The van der Waals surface area contributed by atoms with E-state index >= 15 is 0 Å². The largest absolute Gasteiger partial charge is 0.508 e. The number of benzene rings is 2. The minimum atomic E-state index is -3.10. The number of aromatic hydroxyl groups is 2. The molecule has 0 heterocycles. The summed E-state index contributed by atoms with van der Waals surface area (Å²) >= 11 is 0. The molecule has 0 amide bonds. The van der Waals surface area contributed by atoms with Gasteiger partial charge in [-0.15, -0.1) is 0 Å².